The Labute approximate surface area is 136 Å². The Kier molecular flexibility index (Phi) is 4.24. The van der Waals surface area contributed by atoms with E-state index in [0.29, 0.717) is 25.9 Å². The summed E-state index contributed by atoms with van der Waals surface area (Å²) in [6.45, 7) is 5.27. The zero-order valence-electron chi connectivity index (χ0n) is 13.7. The molecule has 0 saturated carbocycles. The molecule has 1 heterocycles. The van der Waals surface area contributed by atoms with Crippen LogP contribution in [0.15, 0.2) is 35.4 Å². The van der Waals surface area contributed by atoms with Crippen LogP contribution >= 0.6 is 0 Å². The summed E-state index contributed by atoms with van der Waals surface area (Å²) >= 11 is 0. The highest BCUT2D eigenvalue weighted by molar-refractivity contribution is 5.86. The Morgan fingerprint density at radius 2 is 1.65 bits per heavy atom. The zero-order chi connectivity index (χ0) is 16.6. The van der Waals surface area contributed by atoms with Gasteiger partial charge >= 0.3 is 5.97 Å². The highest BCUT2D eigenvalue weighted by Crippen LogP contribution is 2.36. The molecular weight excluding hydrogens is 290 g/mol. The fraction of sp³-hybridized carbons (Fsp3) is 0.474. The predicted molar refractivity (Wildman–Crippen MR) is 87.8 cm³/mol. The van der Waals surface area contributed by atoms with Crippen LogP contribution in [-0.2, 0) is 22.6 Å². The maximum absolute atomic E-state index is 13.0. The number of benzene rings is 1. The standard InChI is InChI=1S/C19H23NO3/c1-12-9-16(17(19(22)23)10-13(12)2)18(21)20-8-7-14-5-3-4-6-15(14)11-20/h3-6,16-17H,7-11H2,1-2H3,(H,22,23)/t16-,17+/m0/s1. The van der Waals surface area contributed by atoms with Crippen molar-refractivity contribution in [3.63, 3.8) is 0 Å². The van der Waals surface area contributed by atoms with Crippen LogP contribution in [0.4, 0.5) is 0 Å². The summed E-state index contributed by atoms with van der Waals surface area (Å²) in [5, 5.41) is 9.52. The second-order valence-corrected chi connectivity index (χ2v) is 6.80. The highest BCUT2D eigenvalue weighted by Gasteiger charge is 2.39. The van der Waals surface area contributed by atoms with E-state index in [0.717, 1.165) is 12.0 Å². The van der Waals surface area contributed by atoms with Gasteiger partial charge in [0.25, 0.3) is 0 Å². The summed E-state index contributed by atoms with van der Waals surface area (Å²) in [5.41, 5.74) is 4.75. The molecule has 1 N–H and O–H groups in total. The third-order valence-corrected chi connectivity index (χ3v) is 5.34. The molecule has 4 nitrogen and oxygen atoms in total. The van der Waals surface area contributed by atoms with E-state index in [9.17, 15) is 14.7 Å². The fourth-order valence-electron chi connectivity index (χ4n) is 3.73. The van der Waals surface area contributed by atoms with Gasteiger partial charge in [0.15, 0.2) is 0 Å². The topological polar surface area (TPSA) is 57.6 Å². The van der Waals surface area contributed by atoms with Gasteiger partial charge in [0, 0.05) is 13.1 Å². The Bertz CT molecular complexity index is 677. The van der Waals surface area contributed by atoms with Gasteiger partial charge in [-0.3, -0.25) is 9.59 Å². The van der Waals surface area contributed by atoms with E-state index in [1.807, 2.05) is 30.9 Å². The van der Waals surface area contributed by atoms with Gasteiger partial charge in [-0.1, -0.05) is 35.4 Å². The van der Waals surface area contributed by atoms with Crippen molar-refractivity contribution < 1.29 is 14.7 Å². The van der Waals surface area contributed by atoms with Crippen LogP contribution in [0.1, 0.15) is 37.8 Å². The van der Waals surface area contributed by atoms with Crippen molar-refractivity contribution in [2.45, 2.75) is 39.7 Å². The first-order valence-electron chi connectivity index (χ1n) is 8.21. The number of carboxylic acids is 1. The van der Waals surface area contributed by atoms with Crippen molar-refractivity contribution in [1.82, 2.24) is 4.90 Å². The van der Waals surface area contributed by atoms with Crippen LogP contribution in [0.5, 0.6) is 0 Å². The van der Waals surface area contributed by atoms with Gasteiger partial charge in [-0.25, -0.2) is 0 Å². The molecule has 3 rings (SSSR count). The molecule has 4 heteroatoms. The summed E-state index contributed by atoms with van der Waals surface area (Å²) in [6.07, 6.45) is 1.90. The number of carbonyl (C=O) groups is 2. The molecule has 0 saturated heterocycles. The Hall–Kier alpha value is -2.10. The molecule has 0 spiro atoms. The third kappa shape index (κ3) is 3.03. The minimum Gasteiger partial charge on any atom is -0.481 e. The van der Waals surface area contributed by atoms with Crippen LogP contribution in [0.25, 0.3) is 0 Å². The second kappa shape index (κ2) is 6.19. The van der Waals surface area contributed by atoms with Crippen molar-refractivity contribution in [3.8, 4) is 0 Å². The monoisotopic (exact) mass is 313 g/mol. The molecule has 0 bridgehead atoms. The van der Waals surface area contributed by atoms with Crippen molar-refractivity contribution in [3.05, 3.63) is 46.5 Å². The van der Waals surface area contributed by atoms with Crippen LogP contribution in [0.3, 0.4) is 0 Å². The Balaban J connectivity index is 1.81. The molecule has 2 aliphatic rings. The summed E-state index contributed by atoms with van der Waals surface area (Å²) in [4.78, 5) is 26.4. The number of allylic oxidation sites excluding steroid dienone is 2. The zero-order valence-corrected chi connectivity index (χ0v) is 13.7. The lowest BCUT2D eigenvalue weighted by Gasteiger charge is -2.36. The average molecular weight is 313 g/mol. The molecule has 0 radical (unpaired) electrons. The molecule has 23 heavy (non-hydrogen) atoms. The van der Waals surface area contributed by atoms with Gasteiger partial charge in [-0.05, 0) is 44.2 Å². The lowest BCUT2D eigenvalue weighted by atomic mass is 9.75. The minimum atomic E-state index is -0.854. The average Bonchev–Trinajstić information content (AvgIpc) is 2.55. The van der Waals surface area contributed by atoms with Crippen molar-refractivity contribution in [2.24, 2.45) is 11.8 Å². The molecule has 0 unspecified atom stereocenters. The lowest BCUT2D eigenvalue weighted by Crippen LogP contribution is -2.44. The Morgan fingerprint density at radius 1 is 1.04 bits per heavy atom. The molecule has 1 aliphatic carbocycles. The summed E-state index contributed by atoms with van der Waals surface area (Å²) < 4.78 is 0. The van der Waals surface area contributed by atoms with Crippen molar-refractivity contribution >= 4 is 11.9 Å². The van der Waals surface area contributed by atoms with Crippen LogP contribution in [0, 0.1) is 11.8 Å². The fourth-order valence-corrected chi connectivity index (χ4v) is 3.73. The first kappa shape index (κ1) is 15.8. The van der Waals surface area contributed by atoms with Gasteiger partial charge < -0.3 is 10.0 Å². The number of nitrogens with zero attached hydrogens (tertiary/aromatic N) is 1. The normalized spacial score (nSPS) is 24.3. The van der Waals surface area contributed by atoms with Crippen molar-refractivity contribution in [1.29, 1.82) is 0 Å². The molecular formula is C19H23NO3. The van der Waals surface area contributed by atoms with Gasteiger partial charge in [-0.15, -0.1) is 0 Å². The quantitative estimate of drug-likeness (QED) is 0.854. The number of carbonyl (C=O) groups excluding carboxylic acids is 1. The number of aliphatic carboxylic acids is 1. The maximum Gasteiger partial charge on any atom is 0.307 e. The van der Waals surface area contributed by atoms with Crippen LogP contribution in [-0.4, -0.2) is 28.4 Å². The number of carboxylic acid groups (broad SMARTS) is 1. The van der Waals surface area contributed by atoms with Crippen LogP contribution in [0.2, 0.25) is 0 Å². The summed E-state index contributed by atoms with van der Waals surface area (Å²) in [6, 6.07) is 8.17. The number of hydrogen-bond acceptors (Lipinski definition) is 2. The van der Waals surface area contributed by atoms with E-state index in [2.05, 4.69) is 12.1 Å². The van der Waals surface area contributed by atoms with Gasteiger partial charge in [0.2, 0.25) is 5.91 Å². The lowest BCUT2D eigenvalue weighted by molar-refractivity contribution is -0.151. The van der Waals surface area contributed by atoms with E-state index in [1.165, 1.54) is 16.7 Å². The molecule has 2 atom stereocenters. The number of fused-ring (bicyclic) bond motifs is 1. The van der Waals surface area contributed by atoms with E-state index < -0.39 is 17.8 Å². The number of rotatable bonds is 2. The number of hydrogen-bond donors (Lipinski definition) is 1. The first-order chi connectivity index (χ1) is 11.0. The molecule has 0 aromatic heterocycles. The van der Waals surface area contributed by atoms with Gasteiger partial charge in [0.05, 0.1) is 11.8 Å². The predicted octanol–water partition coefficient (Wildman–Crippen LogP) is 3.02. The molecule has 1 aromatic rings. The SMILES string of the molecule is CC1=C(C)C[C@@H](C(=O)O)[C@@H](C(=O)N2CCc3ccccc3C2)C1. The Morgan fingerprint density at radius 3 is 2.30 bits per heavy atom. The first-order valence-corrected chi connectivity index (χ1v) is 8.21. The molecule has 1 aromatic carbocycles. The molecule has 1 amide bonds. The van der Waals surface area contributed by atoms with Crippen LogP contribution < -0.4 is 0 Å². The molecule has 1 aliphatic heterocycles. The second-order valence-electron chi connectivity index (χ2n) is 6.80. The highest BCUT2D eigenvalue weighted by atomic mass is 16.4. The van der Waals surface area contributed by atoms with E-state index in [-0.39, 0.29) is 5.91 Å². The van der Waals surface area contributed by atoms with E-state index in [1.54, 1.807) is 0 Å². The third-order valence-electron chi connectivity index (χ3n) is 5.34. The summed E-state index contributed by atoms with van der Waals surface area (Å²) in [7, 11) is 0. The van der Waals surface area contributed by atoms with E-state index in [4.69, 9.17) is 0 Å². The van der Waals surface area contributed by atoms with Gasteiger partial charge in [0.1, 0.15) is 0 Å². The maximum atomic E-state index is 13.0. The largest absolute Gasteiger partial charge is 0.481 e. The number of amides is 1. The molecule has 0 fully saturated rings. The van der Waals surface area contributed by atoms with Crippen molar-refractivity contribution in [2.75, 3.05) is 6.54 Å². The van der Waals surface area contributed by atoms with Gasteiger partial charge in [-0.2, -0.15) is 0 Å². The smallest absolute Gasteiger partial charge is 0.307 e. The summed E-state index contributed by atoms with van der Waals surface area (Å²) in [5.74, 6) is -1.88. The molecule has 122 valence electrons. The minimum absolute atomic E-state index is 0.00115. The van der Waals surface area contributed by atoms with E-state index >= 15 is 0 Å².